The first-order valence-electron chi connectivity index (χ1n) is 20.1. The molecular weight excluding hydrogens is 728 g/mol. The lowest BCUT2D eigenvalue weighted by Crippen LogP contribution is -2.59. The number of cyclic esters (lactones) is 1. The smallest absolute Gasteiger partial charge is 0.311 e. The zero-order chi connectivity index (χ0) is 42.5. The van der Waals surface area contributed by atoms with Crippen LogP contribution < -0.4 is 5.73 Å². The van der Waals surface area contributed by atoms with Gasteiger partial charge in [0.1, 0.15) is 29.7 Å². The minimum absolute atomic E-state index is 0.00969. The molecule has 0 aliphatic carbocycles. The Hall–Kier alpha value is -2.21. The molecule has 0 spiro atoms. The van der Waals surface area contributed by atoms with Gasteiger partial charge in [0.2, 0.25) is 5.91 Å². The van der Waals surface area contributed by atoms with Crippen molar-refractivity contribution < 1.29 is 62.9 Å². The number of aliphatic hydroxyl groups is 3. The number of rotatable bonds is 12. The van der Waals surface area contributed by atoms with Gasteiger partial charge in [-0.3, -0.25) is 14.4 Å². The summed E-state index contributed by atoms with van der Waals surface area (Å²) in [5.74, 6) is -4.11. The van der Waals surface area contributed by atoms with E-state index in [2.05, 4.69) is 11.5 Å². The van der Waals surface area contributed by atoms with Crippen LogP contribution in [-0.4, -0.2) is 144 Å². The van der Waals surface area contributed by atoms with Gasteiger partial charge in [0, 0.05) is 70.2 Å². The molecule has 0 saturated carbocycles. The van der Waals surface area contributed by atoms with E-state index in [1.54, 1.807) is 41.5 Å². The van der Waals surface area contributed by atoms with E-state index in [1.165, 1.54) is 21.1 Å². The van der Waals surface area contributed by atoms with Gasteiger partial charge in [-0.1, -0.05) is 34.3 Å². The van der Waals surface area contributed by atoms with Gasteiger partial charge < -0.3 is 59.1 Å². The number of aliphatic hydroxyl groups excluding tert-OH is 2. The average molecular weight is 801 g/mol. The Bertz CT molecular complexity index is 1350. The Morgan fingerprint density at radius 3 is 2.18 bits per heavy atom. The number of esters is 1. The van der Waals surface area contributed by atoms with Crippen LogP contribution in [0.15, 0.2) is 12.3 Å². The van der Waals surface area contributed by atoms with Crippen LogP contribution in [-0.2, 0) is 47.5 Å². The standard InChI is InChI=1S/C41H72N2O13/c1-14-30-41(10,49)35(46)24(4)33(45)22(2)19-40(9,51-13)37(52-21-29-18-28(17-23(3)53-29)43(11)16-15-31(42)44)25(5)34(26(6)38(48)55-30)56-32-20-39(8,50-12)36(47)27(7)54-32/h22,24-30,32,34-37,46-47,49H,3,14-21H2,1-2,4-13H3,(H2,42,44)/t22-,24+,25+,26-,27+,28+,29-,30-,32+,34+,35-,36+,37-,39-,40-,41-/m1/s1. The minimum atomic E-state index is -1.96. The molecule has 3 fully saturated rings. The predicted octanol–water partition coefficient (Wildman–Crippen LogP) is 2.88. The van der Waals surface area contributed by atoms with Crippen LogP contribution in [0.25, 0.3) is 0 Å². The molecule has 0 radical (unpaired) electrons. The van der Waals surface area contributed by atoms with Crippen molar-refractivity contribution in [3.8, 4) is 0 Å². The third kappa shape index (κ3) is 11.1. The van der Waals surface area contributed by atoms with E-state index < -0.39 is 95.5 Å². The molecule has 0 bridgehead atoms. The molecule has 3 aliphatic rings. The molecule has 16 atom stereocenters. The molecule has 0 aromatic rings. The van der Waals surface area contributed by atoms with Crippen molar-refractivity contribution in [2.75, 3.05) is 34.4 Å². The maximum Gasteiger partial charge on any atom is 0.311 e. The number of ether oxygens (including phenoxy) is 7. The van der Waals surface area contributed by atoms with Crippen LogP contribution in [0.4, 0.5) is 0 Å². The highest BCUT2D eigenvalue weighted by Crippen LogP contribution is 2.41. The summed E-state index contributed by atoms with van der Waals surface area (Å²) in [6.07, 6.45) is -5.70. The second-order valence-corrected chi connectivity index (χ2v) is 17.3. The van der Waals surface area contributed by atoms with Crippen LogP contribution in [0.3, 0.4) is 0 Å². The van der Waals surface area contributed by atoms with Gasteiger partial charge in [-0.05, 0) is 54.5 Å². The van der Waals surface area contributed by atoms with Gasteiger partial charge in [0.15, 0.2) is 6.29 Å². The summed E-state index contributed by atoms with van der Waals surface area (Å²) in [6.45, 7) is 20.0. The van der Waals surface area contributed by atoms with Gasteiger partial charge in [0.25, 0.3) is 0 Å². The molecule has 15 heteroatoms. The summed E-state index contributed by atoms with van der Waals surface area (Å²) in [7, 11) is 4.97. The van der Waals surface area contributed by atoms with Gasteiger partial charge in [-0.2, -0.15) is 0 Å². The second-order valence-electron chi connectivity index (χ2n) is 17.3. The number of hydrogen-bond acceptors (Lipinski definition) is 14. The van der Waals surface area contributed by atoms with Crippen molar-refractivity contribution in [1.82, 2.24) is 4.90 Å². The van der Waals surface area contributed by atoms with Gasteiger partial charge in [-0.15, -0.1) is 0 Å². The topological polar surface area (TPSA) is 206 Å². The van der Waals surface area contributed by atoms with Gasteiger partial charge in [0.05, 0.1) is 53.9 Å². The summed E-state index contributed by atoms with van der Waals surface area (Å²) < 4.78 is 44.0. The molecule has 0 aromatic heterocycles. The van der Waals surface area contributed by atoms with E-state index in [1.807, 2.05) is 20.9 Å². The molecule has 324 valence electrons. The maximum atomic E-state index is 14.2. The molecule has 0 unspecified atom stereocenters. The summed E-state index contributed by atoms with van der Waals surface area (Å²) in [4.78, 5) is 41.8. The Morgan fingerprint density at radius 2 is 1.61 bits per heavy atom. The van der Waals surface area contributed by atoms with E-state index in [9.17, 15) is 29.7 Å². The van der Waals surface area contributed by atoms with Crippen molar-refractivity contribution >= 4 is 17.7 Å². The highest BCUT2D eigenvalue weighted by Gasteiger charge is 2.53. The Balaban J connectivity index is 2.12. The number of methoxy groups -OCH3 is 2. The van der Waals surface area contributed by atoms with Crippen molar-refractivity contribution in [1.29, 1.82) is 0 Å². The van der Waals surface area contributed by atoms with Gasteiger partial charge >= 0.3 is 5.97 Å². The Kier molecular flexibility index (Phi) is 16.9. The molecule has 15 nitrogen and oxygen atoms in total. The number of Topliss-reactive ketones (excluding diaryl/α,β-unsaturated/α-hetero) is 1. The van der Waals surface area contributed by atoms with Crippen molar-refractivity contribution in [2.24, 2.45) is 29.4 Å². The highest BCUT2D eigenvalue weighted by atomic mass is 16.7. The molecule has 3 saturated heterocycles. The summed E-state index contributed by atoms with van der Waals surface area (Å²) >= 11 is 0. The fourth-order valence-corrected chi connectivity index (χ4v) is 8.95. The highest BCUT2D eigenvalue weighted by molar-refractivity contribution is 5.83. The van der Waals surface area contributed by atoms with Crippen molar-refractivity contribution in [2.45, 2.75) is 173 Å². The lowest BCUT2D eigenvalue weighted by atomic mass is 9.74. The van der Waals surface area contributed by atoms with Crippen molar-refractivity contribution in [3.63, 3.8) is 0 Å². The molecule has 56 heavy (non-hydrogen) atoms. The predicted molar refractivity (Wildman–Crippen MR) is 207 cm³/mol. The fraction of sp³-hybridized carbons (Fsp3) is 0.878. The van der Waals surface area contributed by atoms with E-state index in [0.29, 0.717) is 25.1 Å². The monoisotopic (exact) mass is 801 g/mol. The summed E-state index contributed by atoms with van der Waals surface area (Å²) in [5.41, 5.74) is 1.26. The first kappa shape index (κ1) is 48.2. The lowest BCUT2D eigenvalue weighted by Gasteiger charge is -2.48. The van der Waals surface area contributed by atoms with Gasteiger partial charge in [-0.25, -0.2) is 0 Å². The number of primary amides is 1. The molecule has 0 aromatic carbocycles. The Labute approximate surface area is 333 Å². The fourth-order valence-electron chi connectivity index (χ4n) is 8.95. The molecule has 5 N–H and O–H groups in total. The van der Waals surface area contributed by atoms with Crippen LogP contribution in [0.1, 0.15) is 101 Å². The number of hydrogen-bond donors (Lipinski definition) is 4. The first-order chi connectivity index (χ1) is 26.0. The van der Waals surface area contributed by atoms with E-state index in [4.69, 9.17) is 38.9 Å². The number of carbonyl (C=O) groups is 3. The third-order valence-electron chi connectivity index (χ3n) is 12.8. The van der Waals surface area contributed by atoms with E-state index >= 15 is 0 Å². The largest absolute Gasteiger partial charge is 0.493 e. The number of ketones is 1. The quantitative estimate of drug-likeness (QED) is 0.210. The minimum Gasteiger partial charge on any atom is -0.493 e. The van der Waals surface area contributed by atoms with Crippen LogP contribution in [0.5, 0.6) is 0 Å². The number of nitrogens with zero attached hydrogens (tertiary/aromatic N) is 1. The maximum absolute atomic E-state index is 14.2. The molecule has 3 rings (SSSR count). The SMILES string of the molecule is C=C1C[C@H](N(C)CCC(N)=O)C[C@H](CO[C@@H]2[C@@H](C)[C@H](O[C@H]3C[C@@](C)(OC)[C@@H](O)[C@H](C)O3)[C@@H](C)C(=O)O[C@H](CC)[C@@](C)(O)[C@H](O)[C@@H](C)C(=O)[C@H](C)C[C@@]2(C)OC)O1. The lowest BCUT2D eigenvalue weighted by molar-refractivity contribution is -0.301. The summed E-state index contributed by atoms with van der Waals surface area (Å²) in [6, 6.07) is 0.00969. The number of carbonyl (C=O) groups excluding carboxylic acids is 3. The first-order valence-corrected chi connectivity index (χ1v) is 20.1. The van der Waals surface area contributed by atoms with Crippen molar-refractivity contribution in [3.05, 3.63) is 12.3 Å². The second kappa shape index (κ2) is 19.7. The van der Waals surface area contributed by atoms with Crippen LogP contribution >= 0.6 is 0 Å². The van der Waals surface area contributed by atoms with Crippen LogP contribution in [0, 0.1) is 23.7 Å². The average Bonchev–Trinajstić information content (AvgIpc) is 3.14. The Morgan fingerprint density at radius 1 is 0.982 bits per heavy atom. The zero-order valence-corrected chi connectivity index (χ0v) is 35.8. The molecule has 3 heterocycles. The van der Waals surface area contributed by atoms with Crippen LogP contribution in [0.2, 0.25) is 0 Å². The number of nitrogens with two attached hydrogens (primary N) is 1. The van der Waals surface area contributed by atoms with E-state index in [0.717, 1.165) is 0 Å². The number of amides is 1. The molecule has 3 aliphatic heterocycles. The molecule has 1 amide bonds. The summed E-state index contributed by atoms with van der Waals surface area (Å²) in [5, 5.41) is 34.1. The third-order valence-corrected chi connectivity index (χ3v) is 12.8. The normalized spacial score (nSPS) is 43.5. The zero-order valence-electron chi connectivity index (χ0n) is 35.8. The molecular formula is C41H72N2O13. The van der Waals surface area contributed by atoms with E-state index in [-0.39, 0.29) is 50.0 Å².